The Morgan fingerprint density at radius 1 is 1.06 bits per heavy atom. The van der Waals surface area contributed by atoms with Crippen LogP contribution in [0.5, 0.6) is 0 Å². The lowest BCUT2D eigenvalue weighted by Gasteiger charge is -2.54. The van der Waals surface area contributed by atoms with E-state index in [9.17, 15) is 0 Å². The van der Waals surface area contributed by atoms with Gasteiger partial charge in [0.05, 0.1) is 5.71 Å². The Morgan fingerprint density at radius 3 is 2.39 bits per heavy atom. The first-order chi connectivity index (χ1) is 17.0. The highest BCUT2D eigenvalue weighted by Gasteiger charge is 2.52. The van der Waals surface area contributed by atoms with Gasteiger partial charge in [-0.2, -0.15) is 0 Å². The Balaban J connectivity index is 1.69. The van der Waals surface area contributed by atoms with Gasteiger partial charge in [0, 0.05) is 35.5 Å². The average molecular weight is 482 g/mol. The van der Waals surface area contributed by atoms with Crippen molar-refractivity contribution in [1.82, 2.24) is 0 Å². The molecular weight excluding hydrogens is 438 g/mol. The standard InChI is InChI=1S/C33H43N3/c1-17-9-11-23(12-10-17)24-13-14-27(35)29-20(4)31-21(5)30-25(15-33(31,7)16-26(24)29)18(2)19(3)28(22(6)34)32(30)36-8/h9,11,18,25,30H,4,6,10,12-16,34-35H2,1-3,5,7-8H3. The van der Waals surface area contributed by atoms with E-state index >= 15 is 0 Å². The predicted octanol–water partition coefficient (Wildman–Crippen LogP) is 7.38. The van der Waals surface area contributed by atoms with Crippen molar-refractivity contribution < 1.29 is 0 Å². The maximum Gasteiger partial charge on any atom is 0.0511 e. The number of nitrogens with zero attached hydrogens (tertiary/aromatic N) is 1. The number of hydrogen-bond acceptors (Lipinski definition) is 3. The molecule has 4 unspecified atom stereocenters. The zero-order chi connectivity index (χ0) is 26.1. The molecule has 5 aliphatic rings. The molecule has 5 rings (SSSR count). The number of fused-ring (bicyclic) bond motifs is 3. The van der Waals surface area contributed by atoms with Gasteiger partial charge in [0.15, 0.2) is 0 Å². The fourth-order valence-electron chi connectivity index (χ4n) is 8.22. The summed E-state index contributed by atoms with van der Waals surface area (Å²) in [6.07, 6.45) is 11.1. The van der Waals surface area contributed by atoms with Crippen molar-refractivity contribution in [3.8, 4) is 0 Å². The first-order valence-corrected chi connectivity index (χ1v) is 13.6. The summed E-state index contributed by atoms with van der Waals surface area (Å²) in [5.74, 6) is 1.16. The van der Waals surface area contributed by atoms with Crippen molar-refractivity contribution in [3.63, 3.8) is 0 Å². The molecule has 5 aliphatic carbocycles. The summed E-state index contributed by atoms with van der Waals surface area (Å²) >= 11 is 0. The Hall–Kier alpha value is -2.81. The van der Waals surface area contributed by atoms with E-state index in [1.54, 1.807) is 0 Å². The van der Waals surface area contributed by atoms with Crippen molar-refractivity contribution in [1.29, 1.82) is 0 Å². The van der Waals surface area contributed by atoms with Crippen LogP contribution in [0.1, 0.15) is 73.1 Å². The van der Waals surface area contributed by atoms with Gasteiger partial charge in [0.1, 0.15) is 0 Å². The molecule has 190 valence electrons. The highest BCUT2D eigenvalue weighted by atomic mass is 14.7. The minimum absolute atomic E-state index is 0.0373. The van der Waals surface area contributed by atoms with E-state index < -0.39 is 0 Å². The molecule has 0 aliphatic heterocycles. The van der Waals surface area contributed by atoms with Crippen LogP contribution < -0.4 is 11.5 Å². The summed E-state index contributed by atoms with van der Waals surface area (Å²) in [5.41, 5.74) is 29.5. The molecule has 1 saturated carbocycles. The first kappa shape index (κ1) is 24.9. The Labute approximate surface area is 217 Å². The second-order valence-corrected chi connectivity index (χ2v) is 12.2. The fourth-order valence-corrected chi connectivity index (χ4v) is 8.22. The van der Waals surface area contributed by atoms with Crippen molar-refractivity contribution >= 4 is 5.71 Å². The third-order valence-corrected chi connectivity index (χ3v) is 9.96. The lowest BCUT2D eigenvalue weighted by atomic mass is 9.50. The molecule has 0 aromatic carbocycles. The fraction of sp³-hybridized carbons (Fsp3) is 0.485. The van der Waals surface area contributed by atoms with Gasteiger partial charge in [-0.05, 0) is 104 Å². The van der Waals surface area contributed by atoms with Crippen LogP contribution in [-0.2, 0) is 0 Å². The van der Waals surface area contributed by atoms with Crippen LogP contribution in [0.2, 0.25) is 0 Å². The molecular formula is C33H43N3. The second kappa shape index (κ2) is 8.64. The number of rotatable bonds is 2. The highest BCUT2D eigenvalue weighted by Crippen LogP contribution is 2.62. The van der Waals surface area contributed by atoms with Crippen molar-refractivity contribution in [2.24, 2.45) is 39.6 Å². The maximum atomic E-state index is 6.76. The van der Waals surface area contributed by atoms with Crippen molar-refractivity contribution in [2.75, 3.05) is 7.05 Å². The summed E-state index contributed by atoms with van der Waals surface area (Å²) in [7, 11) is 1.91. The van der Waals surface area contributed by atoms with E-state index in [0.29, 0.717) is 17.5 Å². The second-order valence-electron chi connectivity index (χ2n) is 12.2. The van der Waals surface area contributed by atoms with Crippen molar-refractivity contribution in [2.45, 2.75) is 73.1 Å². The van der Waals surface area contributed by atoms with Crippen LogP contribution in [0, 0.1) is 23.2 Å². The van der Waals surface area contributed by atoms with E-state index in [0.717, 1.165) is 61.1 Å². The molecule has 0 heterocycles. The van der Waals surface area contributed by atoms with Crippen LogP contribution in [0.4, 0.5) is 0 Å². The minimum atomic E-state index is 0.0373. The molecule has 0 radical (unpaired) electrons. The average Bonchev–Trinajstić information content (AvgIpc) is 2.81. The molecule has 0 aromatic heterocycles. The van der Waals surface area contributed by atoms with Gasteiger partial charge in [-0.3, -0.25) is 4.99 Å². The van der Waals surface area contributed by atoms with E-state index in [4.69, 9.17) is 23.0 Å². The van der Waals surface area contributed by atoms with Crippen LogP contribution in [0.25, 0.3) is 0 Å². The number of nitrogens with two attached hydrogens (primary N) is 2. The van der Waals surface area contributed by atoms with Gasteiger partial charge in [0.25, 0.3) is 0 Å². The van der Waals surface area contributed by atoms with E-state index in [1.807, 2.05) is 7.05 Å². The number of aliphatic imine (C=N–C) groups is 1. The van der Waals surface area contributed by atoms with Gasteiger partial charge in [0.2, 0.25) is 0 Å². The number of allylic oxidation sites excluding steroid dienone is 13. The SMILES string of the molecule is C=C(N)C1=C(C)C(C)C2CC3(C)CC4=C(C5=CC=C(C)CC5)CCC(N)=C4C(=C)C3=C(C)C2C1=NC. The quantitative estimate of drug-likeness (QED) is 0.432. The Bertz CT molecular complexity index is 1300. The molecule has 0 spiro atoms. The molecule has 1 fully saturated rings. The molecule has 4 N–H and O–H groups in total. The number of hydrogen-bond donors (Lipinski definition) is 2. The minimum Gasteiger partial charge on any atom is -0.402 e. The smallest absolute Gasteiger partial charge is 0.0511 e. The molecule has 0 bridgehead atoms. The first-order valence-electron chi connectivity index (χ1n) is 13.6. The molecule has 4 atom stereocenters. The summed E-state index contributed by atoms with van der Waals surface area (Å²) in [5, 5.41) is 0. The monoisotopic (exact) mass is 481 g/mol. The van der Waals surface area contributed by atoms with Gasteiger partial charge < -0.3 is 11.5 Å². The van der Waals surface area contributed by atoms with Crippen molar-refractivity contribution in [3.05, 3.63) is 92.4 Å². The molecule has 3 heteroatoms. The van der Waals surface area contributed by atoms with Crippen LogP contribution in [-0.4, -0.2) is 12.8 Å². The lowest BCUT2D eigenvalue weighted by molar-refractivity contribution is 0.191. The molecule has 0 saturated heterocycles. The van der Waals surface area contributed by atoms with E-state index in [1.165, 1.54) is 44.6 Å². The summed E-state index contributed by atoms with van der Waals surface area (Å²) < 4.78 is 0. The van der Waals surface area contributed by atoms with Gasteiger partial charge in [-0.15, -0.1) is 0 Å². The van der Waals surface area contributed by atoms with Crippen LogP contribution in [0.3, 0.4) is 0 Å². The lowest BCUT2D eigenvalue weighted by Crippen LogP contribution is -2.46. The third-order valence-electron chi connectivity index (χ3n) is 9.96. The third kappa shape index (κ3) is 3.49. The molecule has 3 nitrogen and oxygen atoms in total. The largest absolute Gasteiger partial charge is 0.402 e. The Kier molecular flexibility index (Phi) is 5.97. The highest BCUT2D eigenvalue weighted by molar-refractivity contribution is 6.08. The van der Waals surface area contributed by atoms with Gasteiger partial charge in [-0.25, -0.2) is 0 Å². The zero-order valence-electron chi connectivity index (χ0n) is 23.1. The molecule has 0 amide bonds. The Morgan fingerprint density at radius 2 is 1.78 bits per heavy atom. The molecule has 0 aromatic rings. The maximum absolute atomic E-state index is 6.76. The summed E-state index contributed by atoms with van der Waals surface area (Å²) in [6.45, 7) is 20.5. The normalized spacial score (nSPS) is 33.9. The summed E-state index contributed by atoms with van der Waals surface area (Å²) in [4.78, 5) is 4.83. The van der Waals surface area contributed by atoms with E-state index in [-0.39, 0.29) is 11.3 Å². The zero-order valence-corrected chi connectivity index (χ0v) is 23.1. The van der Waals surface area contributed by atoms with Crippen LogP contribution >= 0.6 is 0 Å². The van der Waals surface area contributed by atoms with Crippen LogP contribution in [0.15, 0.2) is 97.4 Å². The summed E-state index contributed by atoms with van der Waals surface area (Å²) in [6, 6.07) is 0. The predicted molar refractivity (Wildman–Crippen MR) is 153 cm³/mol. The van der Waals surface area contributed by atoms with Gasteiger partial charge >= 0.3 is 0 Å². The molecule has 36 heavy (non-hydrogen) atoms. The van der Waals surface area contributed by atoms with Gasteiger partial charge in [-0.1, -0.05) is 55.9 Å². The van der Waals surface area contributed by atoms with E-state index in [2.05, 4.69) is 53.3 Å². The topological polar surface area (TPSA) is 64.4 Å².